The van der Waals surface area contributed by atoms with Crippen molar-refractivity contribution in [1.29, 1.82) is 0 Å². The van der Waals surface area contributed by atoms with Crippen molar-refractivity contribution >= 4 is 6.09 Å². The summed E-state index contributed by atoms with van der Waals surface area (Å²) in [5, 5.41) is 2.50. The predicted molar refractivity (Wildman–Crippen MR) is 70.8 cm³/mol. The molecule has 1 aromatic rings. The number of amides is 1. The number of hydrogen-bond acceptors (Lipinski definition) is 2. The van der Waals surface area contributed by atoms with E-state index in [0.717, 1.165) is 31.2 Å². The number of alkyl carbamates (subject to hydrolysis) is 1. The van der Waals surface area contributed by atoms with Crippen molar-refractivity contribution in [3.05, 3.63) is 42.2 Å². The van der Waals surface area contributed by atoms with Gasteiger partial charge in [-0.1, -0.05) is 18.6 Å². The van der Waals surface area contributed by atoms with Crippen molar-refractivity contribution < 1.29 is 46.6 Å². The molecule has 0 aliphatic heterocycles. The number of rotatable bonds is 5. The molecule has 3 nitrogen and oxygen atoms in total. The third kappa shape index (κ3) is 4.81. The maximum absolute atomic E-state index is 12.9. The van der Waals surface area contributed by atoms with E-state index in [4.69, 9.17) is 4.74 Å². The minimum atomic E-state index is -0.409. The standard InChI is InChI=1S/C15H19FNO2.Y/c1-2-17-14(18)19-11-15(8-3-9-15)10-12-4-6-13(16)7-5-12;/h2,4-7H,3,8-11H2,1H3,(H,17,18);/q-1;. The van der Waals surface area contributed by atoms with Crippen molar-refractivity contribution in [3.8, 4) is 0 Å². The minimum absolute atomic E-state index is 0. The van der Waals surface area contributed by atoms with Gasteiger partial charge in [-0.3, -0.25) is 0 Å². The van der Waals surface area contributed by atoms with Crippen molar-refractivity contribution in [3.63, 3.8) is 0 Å². The second-order valence-electron chi connectivity index (χ2n) is 5.17. The van der Waals surface area contributed by atoms with E-state index in [1.165, 1.54) is 12.1 Å². The number of ether oxygens (including phenoxy) is 1. The summed E-state index contributed by atoms with van der Waals surface area (Å²) in [6.45, 7) is 3.71. The molecule has 1 aliphatic carbocycles. The van der Waals surface area contributed by atoms with Gasteiger partial charge in [0.15, 0.2) is 0 Å². The van der Waals surface area contributed by atoms with Crippen LogP contribution in [-0.2, 0) is 43.9 Å². The molecule has 0 unspecified atom stereocenters. The van der Waals surface area contributed by atoms with E-state index >= 15 is 0 Å². The maximum atomic E-state index is 12.9. The predicted octanol–water partition coefficient (Wildman–Crippen LogP) is 3.44. The topological polar surface area (TPSA) is 38.3 Å². The van der Waals surface area contributed by atoms with Gasteiger partial charge in [-0.05, 0) is 37.0 Å². The fourth-order valence-electron chi connectivity index (χ4n) is 2.46. The zero-order valence-electron chi connectivity index (χ0n) is 11.7. The Kier molecular flexibility index (Phi) is 7.11. The first-order valence-electron chi connectivity index (χ1n) is 6.59. The summed E-state index contributed by atoms with van der Waals surface area (Å²) in [6, 6.07) is 6.55. The zero-order chi connectivity index (χ0) is 13.7. The van der Waals surface area contributed by atoms with Crippen molar-refractivity contribution in [2.45, 2.75) is 32.6 Å². The van der Waals surface area contributed by atoms with Crippen LogP contribution in [0.3, 0.4) is 0 Å². The molecule has 1 aliphatic rings. The second kappa shape index (κ2) is 8.09. The van der Waals surface area contributed by atoms with Gasteiger partial charge in [0, 0.05) is 38.1 Å². The number of carbonyl (C=O) groups is 1. The molecule has 1 radical (unpaired) electrons. The molecule has 1 N–H and O–H groups in total. The maximum Gasteiger partial charge on any atom is 0.377 e. The Bertz CT molecular complexity index is 432. The molecular weight excluding hydrogens is 334 g/mol. The quantitative estimate of drug-likeness (QED) is 0.824. The van der Waals surface area contributed by atoms with E-state index in [-0.39, 0.29) is 43.9 Å². The van der Waals surface area contributed by atoms with Gasteiger partial charge in [0.05, 0.1) is 6.61 Å². The summed E-state index contributed by atoms with van der Waals surface area (Å²) >= 11 is 0. The molecule has 1 aromatic carbocycles. The smallest absolute Gasteiger partial charge is 0.377 e. The average molecular weight is 353 g/mol. The molecule has 0 bridgehead atoms. The molecule has 0 saturated heterocycles. The number of carbonyl (C=O) groups excluding carboxylic acids is 1. The Morgan fingerprint density at radius 3 is 2.55 bits per heavy atom. The van der Waals surface area contributed by atoms with E-state index in [1.54, 1.807) is 25.6 Å². The van der Waals surface area contributed by atoms with Crippen molar-refractivity contribution in [2.24, 2.45) is 5.41 Å². The van der Waals surface area contributed by atoms with Crippen LogP contribution in [0.1, 0.15) is 31.7 Å². The van der Waals surface area contributed by atoms with Crippen LogP contribution in [0.15, 0.2) is 24.3 Å². The minimum Gasteiger partial charge on any atom is -0.471 e. The van der Waals surface area contributed by atoms with Crippen molar-refractivity contribution in [2.75, 3.05) is 6.61 Å². The first-order valence-corrected chi connectivity index (χ1v) is 6.59. The zero-order valence-corrected chi connectivity index (χ0v) is 14.5. The van der Waals surface area contributed by atoms with Crippen LogP contribution in [0, 0.1) is 17.8 Å². The Morgan fingerprint density at radius 1 is 1.40 bits per heavy atom. The van der Waals surface area contributed by atoms with Gasteiger partial charge in [0.25, 0.3) is 0 Å². The van der Waals surface area contributed by atoms with Gasteiger partial charge in [-0.25, -0.2) is 15.7 Å². The molecule has 2 rings (SSSR count). The van der Waals surface area contributed by atoms with Gasteiger partial charge in [-0.15, -0.1) is 0 Å². The van der Waals surface area contributed by atoms with E-state index in [0.29, 0.717) is 6.61 Å². The molecule has 1 fully saturated rings. The number of benzene rings is 1. The first kappa shape index (κ1) is 17.6. The molecule has 0 heterocycles. The first-order chi connectivity index (χ1) is 9.13. The van der Waals surface area contributed by atoms with E-state index in [1.807, 2.05) is 0 Å². The van der Waals surface area contributed by atoms with E-state index in [9.17, 15) is 9.18 Å². The van der Waals surface area contributed by atoms with E-state index < -0.39 is 6.09 Å². The van der Waals surface area contributed by atoms with Crippen LogP contribution < -0.4 is 5.32 Å². The Morgan fingerprint density at radius 2 is 2.05 bits per heavy atom. The molecule has 107 valence electrons. The second-order valence-corrected chi connectivity index (χ2v) is 5.17. The fourth-order valence-corrected chi connectivity index (χ4v) is 2.46. The molecule has 1 saturated carbocycles. The Balaban J connectivity index is 0.00000200. The largest absolute Gasteiger partial charge is 0.471 e. The fraction of sp³-hybridized carbons (Fsp3) is 0.467. The SMILES string of the molecule is C[CH-]NC(=O)OCC1(Cc2ccc(F)cc2)CCC1.[Y]. The monoisotopic (exact) mass is 353 g/mol. The number of halogens is 1. The van der Waals surface area contributed by atoms with Crippen LogP contribution in [0.5, 0.6) is 0 Å². The Labute approximate surface area is 144 Å². The van der Waals surface area contributed by atoms with Gasteiger partial charge in [0.2, 0.25) is 0 Å². The normalized spacial score (nSPS) is 15.7. The van der Waals surface area contributed by atoms with Crippen molar-refractivity contribution in [1.82, 2.24) is 5.32 Å². The third-order valence-corrected chi connectivity index (χ3v) is 3.68. The summed E-state index contributed by atoms with van der Waals surface area (Å²) in [7, 11) is 0. The summed E-state index contributed by atoms with van der Waals surface area (Å²) in [6.07, 6.45) is 3.68. The average Bonchev–Trinajstić information content (AvgIpc) is 2.35. The summed E-state index contributed by atoms with van der Waals surface area (Å²) in [5.74, 6) is -0.222. The third-order valence-electron chi connectivity index (χ3n) is 3.68. The molecule has 20 heavy (non-hydrogen) atoms. The van der Waals surface area contributed by atoms with Crippen LogP contribution in [0.4, 0.5) is 9.18 Å². The van der Waals surface area contributed by atoms with Gasteiger partial charge >= 0.3 is 6.09 Å². The Hall–Kier alpha value is -0.476. The molecular formula is C15H19FNO2Y-. The molecule has 0 aromatic heterocycles. The number of nitrogens with one attached hydrogen (secondary N) is 1. The van der Waals surface area contributed by atoms with Gasteiger partial charge < -0.3 is 10.1 Å². The van der Waals surface area contributed by atoms with Crippen LogP contribution >= 0.6 is 0 Å². The van der Waals surface area contributed by atoms with Crippen LogP contribution in [0.2, 0.25) is 0 Å². The summed E-state index contributed by atoms with van der Waals surface area (Å²) in [5.41, 5.74) is 1.12. The van der Waals surface area contributed by atoms with Crippen LogP contribution in [0.25, 0.3) is 0 Å². The molecule has 0 atom stereocenters. The van der Waals surface area contributed by atoms with E-state index in [2.05, 4.69) is 5.32 Å². The van der Waals surface area contributed by atoms with Gasteiger partial charge in [0.1, 0.15) is 5.82 Å². The summed E-state index contributed by atoms with van der Waals surface area (Å²) < 4.78 is 18.1. The van der Waals surface area contributed by atoms with Gasteiger partial charge in [-0.2, -0.15) is 6.92 Å². The number of hydrogen-bond donors (Lipinski definition) is 1. The summed E-state index contributed by atoms with van der Waals surface area (Å²) in [4.78, 5) is 11.3. The van der Waals surface area contributed by atoms with Crippen LogP contribution in [-0.4, -0.2) is 12.7 Å². The molecule has 1 amide bonds. The molecule has 5 heteroatoms. The molecule has 0 spiro atoms.